The van der Waals surface area contributed by atoms with Gasteiger partial charge in [-0.15, -0.1) is 0 Å². The Morgan fingerprint density at radius 3 is 2.03 bits per heavy atom. The molecule has 0 spiro atoms. The van der Waals surface area contributed by atoms with Gasteiger partial charge in [-0.2, -0.15) is 9.97 Å². The van der Waals surface area contributed by atoms with Crippen molar-refractivity contribution in [2.45, 2.75) is 12.8 Å². The average Bonchev–Trinajstić information content (AvgIpc) is 4.00. The Morgan fingerprint density at radius 2 is 1.25 bits per heavy atom. The van der Waals surface area contributed by atoms with Crippen LogP contribution in [0.1, 0.15) is 18.7 Å². The number of hydrogen-bond acceptors (Lipinski definition) is 8. The summed E-state index contributed by atoms with van der Waals surface area (Å²) in [4.78, 5) is 33.5. The van der Waals surface area contributed by atoms with Gasteiger partial charge in [-0.3, -0.25) is 19.5 Å². The molecule has 6 aromatic heterocycles. The number of para-hydroxylation sites is 2. The maximum atomic E-state index is 6.14. The van der Waals surface area contributed by atoms with Crippen molar-refractivity contribution < 1.29 is 4.42 Å². The Hall–Kier alpha value is -8.11. The maximum absolute atomic E-state index is 6.14. The summed E-state index contributed by atoms with van der Waals surface area (Å²) in [5.41, 5.74) is 11.2. The van der Waals surface area contributed by atoms with Crippen molar-refractivity contribution in [2.75, 3.05) is 0 Å². The molecule has 0 atom stereocenters. The van der Waals surface area contributed by atoms with Gasteiger partial charge in [0.25, 0.3) is 0 Å². The molecule has 0 aliphatic carbocycles. The normalized spacial score (nSPS) is 13.0. The molecule has 10 nitrogen and oxygen atoms in total. The number of pyridine rings is 2. The van der Waals surface area contributed by atoms with Crippen molar-refractivity contribution in [1.82, 2.24) is 39.0 Å². The average molecular weight is 762 g/mol. The van der Waals surface area contributed by atoms with Gasteiger partial charge in [0.15, 0.2) is 17.2 Å². The topological polar surface area (TPSA) is 113 Å². The lowest BCUT2D eigenvalue weighted by Crippen LogP contribution is -2.09. The van der Waals surface area contributed by atoms with Crippen LogP contribution in [0.4, 0.5) is 0 Å². The summed E-state index contributed by atoms with van der Waals surface area (Å²) in [5.74, 6) is 2.13. The lowest BCUT2D eigenvalue weighted by Gasteiger charge is -2.14. The number of fused-ring (bicyclic) bond motifs is 8. The van der Waals surface area contributed by atoms with E-state index in [1.807, 2.05) is 36.5 Å². The number of hydrogen-bond donors (Lipinski definition) is 0. The highest BCUT2D eigenvalue weighted by atomic mass is 16.3. The van der Waals surface area contributed by atoms with Gasteiger partial charge in [0.2, 0.25) is 11.8 Å². The van der Waals surface area contributed by atoms with E-state index in [4.69, 9.17) is 29.3 Å². The summed E-state index contributed by atoms with van der Waals surface area (Å²) in [6.45, 7) is 0. The van der Waals surface area contributed by atoms with E-state index in [0.717, 1.165) is 101 Å². The summed E-state index contributed by atoms with van der Waals surface area (Å²) in [6, 6.07) is 44.1. The van der Waals surface area contributed by atoms with Crippen LogP contribution in [0, 0.1) is 0 Å². The number of aromatic nitrogens is 8. The minimum Gasteiger partial charge on any atom is -0.436 e. The van der Waals surface area contributed by atoms with Gasteiger partial charge in [-0.1, -0.05) is 72.8 Å². The van der Waals surface area contributed by atoms with Crippen molar-refractivity contribution in [3.63, 3.8) is 0 Å². The summed E-state index contributed by atoms with van der Waals surface area (Å²) in [5, 5.41) is 4.46. The van der Waals surface area contributed by atoms with Crippen molar-refractivity contribution in [2.24, 2.45) is 4.99 Å². The van der Waals surface area contributed by atoms with E-state index in [1.165, 1.54) is 0 Å². The zero-order valence-electron chi connectivity index (χ0n) is 31.4. The molecule has 5 aromatic carbocycles. The van der Waals surface area contributed by atoms with Crippen LogP contribution in [0.25, 0.3) is 106 Å². The molecule has 59 heavy (non-hydrogen) atoms. The zero-order valence-corrected chi connectivity index (χ0v) is 31.4. The highest BCUT2D eigenvalue weighted by Gasteiger charge is 2.24. The summed E-state index contributed by atoms with van der Waals surface area (Å²) in [7, 11) is 0. The van der Waals surface area contributed by atoms with Gasteiger partial charge in [0.05, 0.1) is 22.1 Å². The predicted molar refractivity (Wildman–Crippen MR) is 234 cm³/mol. The van der Waals surface area contributed by atoms with Crippen molar-refractivity contribution in [1.29, 1.82) is 0 Å². The third kappa shape index (κ3) is 5.38. The van der Waals surface area contributed by atoms with E-state index < -0.39 is 0 Å². The fourth-order valence-electron chi connectivity index (χ4n) is 8.39. The summed E-state index contributed by atoms with van der Waals surface area (Å²) < 4.78 is 10.7. The molecule has 0 radical (unpaired) electrons. The quantitative estimate of drug-likeness (QED) is 0.166. The predicted octanol–water partition coefficient (Wildman–Crippen LogP) is 11.2. The molecule has 278 valence electrons. The SMILES string of the molecule is C1=NC(c2nc(-c3cccnc3)nc(-n3c4ccccc4c4ccc5c6ccccc6n(-c6cccc(-c7ccc8oc(-c9ccncc9)nc8c7)c6)c5c43)n2)=CCC1. The molecule has 7 heterocycles. The van der Waals surface area contributed by atoms with E-state index in [2.05, 4.69) is 122 Å². The Morgan fingerprint density at radius 1 is 0.508 bits per heavy atom. The van der Waals surface area contributed by atoms with E-state index >= 15 is 0 Å². The first kappa shape index (κ1) is 33.1. The highest BCUT2D eigenvalue weighted by Crippen LogP contribution is 2.42. The van der Waals surface area contributed by atoms with Gasteiger partial charge in [-0.25, -0.2) is 9.97 Å². The van der Waals surface area contributed by atoms with Crippen molar-refractivity contribution in [3.05, 3.63) is 164 Å². The van der Waals surface area contributed by atoms with Crippen LogP contribution < -0.4 is 0 Å². The molecule has 12 rings (SSSR count). The third-order valence-corrected chi connectivity index (χ3v) is 11.1. The van der Waals surface area contributed by atoms with Crippen molar-refractivity contribution in [3.8, 4) is 45.6 Å². The molecule has 1 aliphatic heterocycles. The van der Waals surface area contributed by atoms with E-state index in [1.54, 1.807) is 24.8 Å². The molecule has 0 fully saturated rings. The fraction of sp³-hybridized carbons (Fsp3) is 0.0408. The van der Waals surface area contributed by atoms with Crippen LogP contribution in [0.5, 0.6) is 0 Å². The minimum absolute atomic E-state index is 0.506. The third-order valence-electron chi connectivity index (χ3n) is 11.1. The Balaban J connectivity index is 1.12. The van der Waals surface area contributed by atoms with E-state index in [0.29, 0.717) is 23.5 Å². The first-order valence-electron chi connectivity index (χ1n) is 19.5. The van der Waals surface area contributed by atoms with Crippen LogP contribution in [-0.2, 0) is 0 Å². The van der Waals surface area contributed by atoms with Crippen LogP contribution in [0.15, 0.2) is 168 Å². The van der Waals surface area contributed by atoms with Gasteiger partial charge in [0, 0.05) is 69.4 Å². The van der Waals surface area contributed by atoms with Crippen molar-refractivity contribution >= 4 is 66.6 Å². The Kier molecular flexibility index (Phi) is 7.42. The summed E-state index contributed by atoms with van der Waals surface area (Å²) >= 11 is 0. The van der Waals surface area contributed by atoms with Crippen LogP contribution >= 0.6 is 0 Å². The smallest absolute Gasteiger partial charge is 0.238 e. The molecule has 10 heteroatoms. The molecule has 1 aliphatic rings. The van der Waals surface area contributed by atoms with E-state index in [9.17, 15) is 0 Å². The lowest BCUT2D eigenvalue weighted by molar-refractivity contribution is 0.619. The fourth-order valence-corrected chi connectivity index (χ4v) is 8.39. The minimum atomic E-state index is 0.506. The van der Waals surface area contributed by atoms with Gasteiger partial charge in [0.1, 0.15) is 11.2 Å². The number of benzene rings is 5. The molecule has 0 amide bonds. The molecule has 0 N–H and O–H groups in total. The largest absolute Gasteiger partial charge is 0.436 e. The lowest BCUT2D eigenvalue weighted by atomic mass is 10.0. The number of nitrogens with zero attached hydrogens (tertiary/aromatic N) is 9. The molecular formula is C49H31N9O. The van der Waals surface area contributed by atoms with Gasteiger partial charge >= 0.3 is 0 Å². The first-order chi connectivity index (χ1) is 29.2. The maximum Gasteiger partial charge on any atom is 0.238 e. The van der Waals surface area contributed by atoms with Gasteiger partial charge < -0.3 is 8.98 Å². The first-order valence-corrected chi connectivity index (χ1v) is 19.5. The number of oxazole rings is 1. The molecule has 0 saturated heterocycles. The molecule has 0 unspecified atom stereocenters. The summed E-state index contributed by atoms with van der Waals surface area (Å²) in [6.07, 6.45) is 12.8. The second-order valence-corrected chi connectivity index (χ2v) is 14.6. The number of aliphatic imine (C=N–C) groups is 1. The number of rotatable bonds is 6. The second kappa shape index (κ2) is 13.2. The number of allylic oxidation sites excluding steroid dienone is 1. The standard InChI is InChI=1S/C49H31N9O/c1-3-15-41-35(12-1)37-18-19-38-36-13-2-4-16-42(36)58(49-55-46(33-10-8-23-51-29-33)54-47(56-49)39-14-5-6-24-52-39)45(38)44(37)57(41)34-11-7-9-31(27-34)32-17-20-43-40(28-32)53-48(59-43)30-21-25-50-26-22-30/h1-4,7-29H,5-6H2. The Labute approximate surface area is 336 Å². The Bertz CT molecular complexity index is 3510. The highest BCUT2D eigenvalue weighted by molar-refractivity contribution is 6.23. The van der Waals surface area contributed by atoms with Crippen LogP contribution in [0.3, 0.4) is 0 Å². The molecular weight excluding hydrogens is 731 g/mol. The monoisotopic (exact) mass is 761 g/mol. The van der Waals surface area contributed by atoms with Gasteiger partial charge in [-0.05, 0) is 84.6 Å². The molecule has 11 aromatic rings. The van der Waals surface area contributed by atoms with Crippen LogP contribution in [0.2, 0.25) is 0 Å². The van der Waals surface area contributed by atoms with Crippen LogP contribution in [-0.4, -0.2) is 45.3 Å². The molecule has 0 bridgehead atoms. The molecule has 0 saturated carbocycles. The van der Waals surface area contributed by atoms with E-state index in [-0.39, 0.29) is 0 Å². The second-order valence-electron chi connectivity index (χ2n) is 14.6. The zero-order chi connectivity index (χ0) is 38.9.